The van der Waals surface area contributed by atoms with E-state index in [1.54, 1.807) is 0 Å². The second kappa shape index (κ2) is 3.76. The molecule has 72 valence electrons. The molecule has 0 radical (unpaired) electrons. The fraction of sp³-hybridized carbons (Fsp3) is 0.250. The molecule has 0 unspecified atom stereocenters. The monoisotopic (exact) mass is 190 g/mol. The second-order valence-corrected chi connectivity index (χ2v) is 2.64. The van der Waals surface area contributed by atoms with Crippen LogP contribution in [0.1, 0.15) is 11.6 Å². The molecule has 0 fully saturated rings. The van der Waals surface area contributed by atoms with Crippen LogP contribution in [0.5, 0.6) is 0 Å². The average molecular weight is 190 g/mol. The molecule has 0 aliphatic rings. The van der Waals surface area contributed by atoms with Gasteiger partial charge in [-0.1, -0.05) is 0 Å². The molecule has 1 atom stereocenters. The van der Waals surface area contributed by atoms with Gasteiger partial charge in [0.2, 0.25) is 0 Å². The van der Waals surface area contributed by atoms with Crippen LogP contribution in [0.25, 0.3) is 0 Å². The van der Waals surface area contributed by atoms with Gasteiger partial charge in [0.05, 0.1) is 0 Å². The molecule has 2 nitrogen and oxygen atoms in total. The molecule has 5 heteroatoms. The minimum absolute atomic E-state index is 0.0461. The van der Waals surface area contributed by atoms with Crippen LogP contribution < -0.4 is 11.5 Å². The summed E-state index contributed by atoms with van der Waals surface area (Å²) in [5.74, 6) is -3.99. The largest absolute Gasteiger partial charge is 0.329 e. The van der Waals surface area contributed by atoms with Crippen molar-refractivity contribution in [3.05, 3.63) is 35.1 Å². The molecule has 0 aliphatic carbocycles. The summed E-state index contributed by atoms with van der Waals surface area (Å²) >= 11 is 0. The Balaban J connectivity index is 3.13. The SMILES string of the molecule is NC[C@@H](N)c1cc(F)c(F)c(F)c1. The molecule has 0 spiro atoms. The summed E-state index contributed by atoms with van der Waals surface area (Å²) in [4.78, 5) is 0. The maximum Gasteiger partial charge on any atom is 0.194 e. The Bertz CT molecular complexity index is 291. The maximum atomic E-state index is 12.6. The molecule has 4 N–H and O–H groups in total. The summed E-state index contributed by atoms with van der Waals surface area (Å²) < 4.78 is 37.7. The van der Waals surface area contributed by atoms with Gasteiger partial charge in [-0.3, -0.25) is 0 Å². The number of nitrogens with two attached hydrogens (primary N) is 2. The third-order valence-electron chi connectivity index (χ3n) is 1.69. The fourth-order valence-electron chi connectivity index (χ4n) is 0.925. The molecule has 0 aromatic heterocycles. The topological polar surface area (TPSA) is 52.0 Å². The summed E-state index contributed by atoms with van der Waals surface area (Å²) in [5, 5.41) is 0. The van der Waals surface area contributed by atoms with Gasteiger partial charge in [0.1, 0.15) is 0 Å². The van der Waals surface area contributed by atoms with Gasteiger partial charge in [-0.25, -0.2) is 13.2 Å². The third kappa shape index (κ3) is 1.99. The number of hydrogen-bond donors (Lipinski definition) is 2. The van der Waals surface area contributed by atoms with Crippen LogP contribution in [0.15, 0.2) is 12.1 Å². The minimum atomic E-state index is -1.49. The zero-order chi connectivity index (χ0) is 10.0. The van der Waals surface area contributed by atoms with Crippen LogP contribution in [0.2, 0.25) is 0 Å². The molecular formula is C8H9F3N2. The molecule has 1 aromatic carbocycles. The van der Waals surface area contributed by atoms with E-state index in [1.165, 1.54) is 0 Å². The van der Waals surface area contributed by atoms with Crippen LogP contribution >= 0.6 is 0 Å². The Morgan fingerprint density at radius 2 is 1.62 bits per heavy atom. The van der Waals surface area contributed by atoms with E-state index < -0.39 is 23.5 Å². The van der Waals surface area contributed by atoms with Gasteiger partial charge in [0.25, 0.3) is 0 Å². The number of rotatable bonds is 2. The van der Waals surface area contributed by atoms with Crippen molar-refractivity contribution >= 4 is 0 Å². The summed E-state index contributed by atoms with van der Waals surface area (Å²) in [6.07, 6.45) is 0. The van der Waals surface area contributed by atoms with Crippen molar-refractivity contribution in [1.29, 1.82) is 0 Å². The van der Waals surface area contributed by atoms with Gasteiger partial charge in [-0.15, -0.1) is 0 Å². The molecule has 0 aliphatic heterocycles. The van der Waals surface area contributed by atoms with Crippen molar-refractivity contribution < 1.29 is 13.2 Å². The highest BCUT2D eigenvalue weighted by molar-refractivity contribution is 5.22. The first-order valence-corrected chi connectivity index (χ1v) is 3.66. The van der Waals surface area contributed by atoms with E-state index >= 15 is 0 Å². The molecule has 1 rings (SSSR count). The van der Waals surface area contributed by atoms with Crippen molar-refractivity contribution in [2.75, 3.05) is 6.54 Å². The standard InChI is InChI=1S/C8H9F3N2/c9-5-1-4(7(13)3-12)2-6(10)8(5)11/h1-2,7H,3,12-13H2/t7-/m1/s1. The summed E-state index contributed by atoms with van der Waals surface area (Å²) in [7, 11) is 0. The lowest BCUT2D eigenvalue weighted by Crippen LogP contribution is -2.21. The van der Waals surface area contributed by atoms with E-state index in [9.17, 15) is 13.2 Å². The lowest BCUT2D eigenvalue weighted by molar-refractivity contribution is 0.443. The van der Waals surface area contributed by atoms with E-state index in [2.05, 4.69) is 0 Å². The Kier molecular flexibility index (Phi) is 2.90. The second-order valence-electron chi connectivity index (χ2n) is 2.64. The summed E-state index contributed by atoms with van der Waals surface area (Å²) in [5.41, 5.74) is 10.7. The molecule has 0 amide bonds. The van der Waals surface area contributed by atoms with Crippen LogP contribution in [0.3, 0.4) is 0 Å². The van der Waals surface area contributed by atoms with Crippen molar-refractivity contribution in [3.8, 4) is 0 Å². The van der Waals surface area contributed by atoms with Crippen LogP contribution in [-0.2, 0) is 0 Å². The van der Waals surface area contributed by atoms with Gasteiger partial charge in [0, 0.05) is 12.6 Å². The van der Waals surface area contributed by atoms with Gasteiger partial charge >= 0.3 is 0 Å². The highest BCUT2D eigenvalue weighted by Gasteiger charge is 2.13. The summed E-state index contributed by atoms with van der Waals surface area (Å²) in [6, 6.07) is 1.01. The van der Waals surface area contributed by atoms with Crippen molar-refractivity contribution in [3.63, 3.8) is 0 Å². The molecule has 0 heterocycles. The quantitative estimate of drug-likeness (QED) is 0.685. The Morgan fingerprint density at radius 3 is 2.00 bits per heavy atom. The van der Waals surface area contributed by atoms with E-state index in [-0.39, 0.29) is 12.1 Å². The Labute approximate surface area is 73.3 Å². The smallest absolute Gasteiger partial charge is 0.194 e. The number of halogens is 3. The molecular weight excluding hydrogens is 181 g/mol. The first-order valence-electron chi connectivity index (χ1n) is 3.66. The van der Waals surface area contributed by atoms with Crippen LogP contribution in [-0.4, -0.2) is 6.54 Å². The van der Waals surface area contributed by atoms with Crippen molar-refractivity contribution in [1.82, 2.24) is 0 Å². The highest BCUT2D eigenvalue weighted by atomic mass is 19.2. The van der Waals surface area contributed by atoms with Crippen LogP contribution in [0, 0.1) is 17.5 Å². The van der Waals surface area contributed by atoms with E-state index in [0.717, 1.165) is 12.1 Å². The normalized spacial score (nSPS) is 13.0. The lowest BCUT2D eigenvalue weighted by atomic mass is 10.1. The molecule has 0 bridgehead atoms. The van der Waals surface area contributed by atoms with Gasteiger partial charge < -0.3 is 11.5 Å². The predicted octanol–water partition coefficient (Wildman–Crippen LogP) is 1.06. The van der Waals surface area contributed by atoms with Gasteiger partial charge in [-0.2, -0.15) is 0 Å². The molecule has 0 saturated carbocycles. The van der Waals surface area contributed by atoms with Crippen molar-refractivity contribution in [2.45, 2.75) is 6.04 Å². The molecule has 0 saturated heterocycles. The Hall–Kier alpha value is -1.07. The van der Waals surface area contributed by atoms with E-state index in [1.807, 2.05) is 0 Å². The summed E-state index contributed by atoms with van der Waals surface area (Å²) in [6.45, 7) is 0.0461. The highest BCUT2D eigenvalue weighted by Crippen LogP contribution is 2.17. The van der Waals surface area contributed by atoms with Gasteiger partial charge in [0.15, 0.2) is 17.5 Å². The lowest BCUT2D eigenvalue weighted by Gasteiger charge is -2.09. The third-order valence-corrected chi connectivity index (χ3v) is 1.69. The van der Waals surface area contributed by atoms with Gasteiger partial charge in [-0.05, 0) is 17.7 Å². The Morgan fingerprint density at radius 1 is 1.15 bits per heavy atom. The first kappa shape index (κ1) is 10.0. The number of benzene rings is 1. The number of hydrogen-bond acceptors (Lipinski definition) is 2. The molecule has 1 aromatic rings. The maximum absolute atomic E-state index is 12.6. The molecule has 13 heavy (non-hydrogen) atoms. The van der Waals surface area contributed by atoms with Crippen LogP contribution in [0.4, 0.5) is 13.2 Å². The first-order chi connectivity index (χ1) is 6.06. The van der Waals surface area contributed by atoms with E-state index in [0.29, 0.717) is 0 Å². The zero-order valence-corrected chi connectivity index (χ0v) is 6.73. The zero-order valence-electron chi connectivity index (χ0n) is 6.73. The van der Waals surface area contributed by atoms with Crippen molar-refractivity contribution in [2.24, 2.45) is 11.5 Å². The average Bonchev–Trinajstić information content (AvgIpc) is 2.12. The fourth-order valence-corrected chi connectivity index (χ4v) is 0.925. The predicted molar refractivity (Wildman–Crippen MR) is 42.3 cm³/mol. The van der Waals surface area contributed by atoms with E-state index in [4.69, 9.17) is 11.5 Å². The minimum Gasteiger partial charge on any atom is -0.329 e.